The minimum Gasteiger partial charge on any atom is -0.481 e. The average molecular weight is 1350 g/mol. The summed E-state index contributed by atoms with van der Waals surface area (Å²) in [7, 11) is 0. The number of esters is 2. The first-order valence-electron chi connectivity index (χ1n) is 28.4. The van der Waals surface area contributed by atoms with E-state index in [1.807, 2.05) is 13.8 Å². The maximum Gasteiger partial charge on any atom is 0.305 e. The Labute approximate surface area is 544 Å². The monoisotopic (exact) mass is 1350 g/mol. The van der Waals surface area contributed by atoms with Crippen LogP contribution < -0.4 is 0 Å². The van der Waals surface area contributed by atoms with Crippen LogP contribution in [0.4, 0.5) is 0 Å². The molecule has 0 aliphatic rings. The molecule has 27 heteroatoms. The van der Waals surface area contributed by atoms with Crippen LogP contribution in [0.25, 0.3) is 0 Å². The van der Waals surface area contributed by atoms with Gasteiger partial charge in [-0.3, -0.25) is 14.4 Å². The molecule has 0 aliphatic carbocycles. The molecule has 0 saturated carbocycles. The zero-order valence-electron chi connectivity index (χ0n) is 51.5. The van der Waals surface area contributed by atoms with Crippen molar-refractivity contribution in [3.63, 3.8) is 0 Å². The molecule has 0 aliphatic heterocycles. The molecule has 0 unspecified atom stereocenters. The van der Waals surface area contributed by atoms with Crippen LogP contribution in [0.2, 0.25) is 0 Å². The molecule has 0 saturated heterocycles. The number of ether oxygens (including phenoxy) is 20. The standard InChI is InChI=1S/C19H38O8.C17H33O8.C14H29O7.C3H6O2.C2H6.2Y/c1-3-5-6-21-7-8-22-9-10-23-11-12-24-13-14-25-15-16-26-17-18-27-19(20)4-2;1-3-17(18)25-16-15-24-14-13-23-12-11-22-10-9-21-8-7-20-6-5-19-4-2;1-2-16-5-6-18-9-10-20-13-14-21-12-11-19-8-7-17-4-3-15;1-2-3(4)5;1-2;;/h3-18H2,1-2H3;2-16H2,1H3;15H,1-14H2;2H2,1H3,(H,4,5);1-2H3;;/q;2*-1;;;;. The van der Waals surface area contributed by atoms with E-state index < -0.39 is 5.97 Å². The number of carbonyl (C=O) groups is 3. The van der Waals surface area contributed by atoms with Crippen LogP contribution in [0.15, 0.2) is 0 Å². The van der Waals surface area contributed by atoms with E-state index in [9.17, 15) is 14.4 Å². The number of carbonyl (C=O) groups excluding carboxylic acids is 2. The van der Waals surface area contributed by atoms with Crippen molar-refractivity contribution in [2.24, 2.45) is 0 Å². The summed E-state index contributed by atoms with van der Waals surface area (Å²) < 4.78 is 105. The van der Waals surface area contributed by atoms with Gasteiger partial charge in [0.1, 0.15) is 13.2 Å². The van der Waals surface area contributed by atoms with Gasteiger partial charge in [0.2, 0.25) is 0 Å². The molecule has 25 nitrogen and oxygen atoms in total. The zero-order valence-corrected chi connectivity index (χ0v) is 57.1. The molecule has 0 atom stereocenters. The Hall–Kier alpha value is -0.142. The summed E-state index contributed by atoms with van der Waals surface area (Å²) in [4.78, 5) is 31.1. The van der Waals surface area contributed by atoms with E-state index in [2.05, 4.69) is 20.8 Å². The third-order valence-electron chi connectivity index (χ3n) is 8.61. The molecule has 0 aromatic heterocycles. The first-order valence-corrected chi connectivity index (χ1v) is 28.4. The number of carboxylic acid groups (broad SMARTS) is 1. The molecule has 2 N–H and O–H groups in total. The van der Waals surface area contributed by atoms with Gasteiger partial charge in [0, 0.05) is 91.3 Å². The van der Waals surface area contributed by atoms with Crippen molar-refractivity contribution in [3.8, 4) is 0 Å². The van der Waals surface area contributed by atoms with Gasteiger partial charge in [-0.15, -0.1) is 0 Å². The van der Waals surface area contributed by atoms with E-state index in [1.165, 1.54) is 0 Å². The predicted molar refractivity (Wildman–Crippen MR) is 299 cm³/mol. The smallest absolute Gasteiger partial charge is 0.305 e. The van der Waals surface area contributed by atoms with E-state index in [1.54, 1.807) is 20.8 Å². The Morgan fingerprint density at radius 2 is 0.463 bits per heavy atom. The van der Waals surface area contributed by atoms with Gasteiger partial charge >= 0.3 is 17.9 Å². The first kappa shape index (κ1) is 95.5. The Morgan fingerprint density at radius 1 is 0.293 bits per heavy atom. The molecule has 0 rings (SSSR count). The zero-order chi connectivity index (χ0) is 60.0. The van der Waals surface area contributed by atoms with Crippen LogP contribution in [-0.2, 0) is 175 Å². The van der Waals surface area contributed by atoms with Crippen molar-refractivity contribution in [1.29, 1.82) is 0 Å². The van der Waals surface area contributed by atoms with Crippen molar-refractivity contribution in [3.05, 3.63) is 13.8 Å². The molecular weight excluding hydrogens is 1240 g/mol. The third-order valence-corrected chi connectivity index (χ3v) is 8.61. The molecule has 2 radical (unpaired) electrons. The number of rotatable bonds is 61. The Balaban J connectivity index is -0.000000193. The van der Waals surface area contributed by atoms with Gasteiger partial charge in [0.15, 0.2) is 0 Å². The number of carboxylic acids is 1. The topological polar surface area (TPSA) is 276 Å². The summed E-state index contributed by atoms with van der Waals surface area (Å²) in [6, 6.07) is 0. The number of unbranched alkanes of at least 4 members (excludes halogenated alkanes) is 1. The maximum absolute atomic E-state index is 10.9. The van der Waals surface area contributed by atoms with Crippen molar-refractivity contribution in [1.82, 2.24) is 0 Å². The van der Waals surface area contributed by atoms with Crippen molar-refractivity contribution in [2.45, 2.75) is 73.6 Å². The van der Waals surface area contributed by atoms with Crippen LogP contribution in [0.1, 0.15) is 73.6 Å². The second kappa shape index (κ2) is 97.1. The fourth-order valence-corrected chi connectivity index (χ4v) is 4.55. The van der Waals surface area contributed by atoms with Crippen LogP contribution >= 0.6 is 0 Å². The molecular formula is C55H112O25Y2-2. The SMILES string of the molecule is CC.CCC(=O)O.CCCCOCCOCCOCCOCCOCCOCCOC(=O)CC.[CH2-]COCCOCCOCCOCCOCCOCCO.[CH2-]COCCOCCOCCOCCOCCOCCOC(=O)CC.[Y].[Y]. The van der Waals surface area contributed by atoms with Crippen LogP contribution in [0, 0.1) is 13.8 Å². The number of aliphatic hydroxyl groups is 1. The van der Waals surface area contributed by atoms with Gasteiger partial charge in [-0.1, -0.05) is 61.2 Å². The summed E-state index contributed by atoms with van der Waals surface area (Å²) >= 11 is 0. The molecule has 490 valence electrons. The van der Waals surface area contributed by atoms with Crippen LogP contribution in [0.3, 0.4) is 0 Å². The summed E-state index contributed by atoms with van der Waals surface area (Å²) in [5.41, 5.74) is 0. The molecule has 0 heterocycles. The van der Waals surface area contributed by atoms with Crippen molar-refractivity contribution >= 4 is 17.9 Å². The molecule has 82 heavy (non-hydrogen) atoms. The number of aliphatic hydroxyl groups excluding tert-OH is 1. The van der Waals surface area contributed by atoms with Crippen molar-refractivity contribution in [2.75, 3.05) is 258 Å². The summed E-state index contributed by atoms with van der Waals surface area (Å²) in [5.74, 6) is -1.17. The summed E-state index contributed by atoms with van der Waals surface area (Å²) in [6.45, 7) is 37.8. The molecule has 0 fully saturated rings. The normalized spacial score (nSPS) is 10.4. The van der Waals surface area contributed by atoms with Gasteiger partial charge in [0.25, 0.3) is 0 Å². The van der Waals surface area contributed by atoms with Gasteiger partial charge in [-0.05, 0) is 6.42 Å². The molecule has 0 amide bonds. The predicted octanol–water partition coefficient (Wildman–Crippen LogP) is 4.13. The molecule has 0 spiro atoms. The van der Waals surface area contributed by atoms with Crippen molar-refractivity contribution < 1.29 is 185 Å². The van der Waals surface area contributed by atoms with Gasteiger partial charge < -0.3 is 119 Å². The third kappa shape index (κ3) is 108. The van der Waals surface area contributed by atoms with Gasteiger partial charge in [-0.2, -0.15) is 0 Å². The average Bonchev–Trinajstić information content (AvgIpc) is 3.47. The van der Waals surface area contributed by atoms with E-state index in [4.69, 9.17) is 105 Å². The molecule has 0 aromatic rings. The van der Waals surface area contributed by atoms with E-state index >= 15 is 0 Å². The number of aliphatic carboxylic acids is 1. The molecule has 0 bridgehead atoms. The van der Waals surface area contributed by atoms with Crippen LogP contribution in [0.5, 0.6) is 0 Å². The minimum absolute atomic E-state index is 0. The van der Waals surface area contributed by atoms with E-state index in [-0.39, 0.29) is 104 Å². The Morgan fingerprint density at radius 3 is 0.622 bits per heavy atom. The summed E-state index contributed by atoms with van der Waals surface area (Å²) in [6.07, 6.45) is 3.24. The maximum atomic E-state index is 10.9. The molecule has 0 aromatic carbocycles. The largest absolute Gasteiger partial charge is 0.481 e. The fourth-order valence-electron chi connectivity index (χ4n) is 4.55. The van der Waals surface area contributed by atoms with E-state index in [0.29, 0.717) is 244 Å². The second-order valence-corrected chi connectivity index (χ2v) is 15.0. The number of hydrogen-bond donors (Lipinski definition) is 2. The Bertz CT molecular complexity index is 1100. The Kier molecular flexibility index (Phi) is 113. The number of hydrogen-bond acceptors (Lipinski definition) is 24. The van der Waals surface area contributed by atoms with Crippen LogP contribution in [-0.4, -0.2) is 286 Å². The van der Waals surface area contributed by atoms with Gasteiger partial charge in [-0.25, -0.2) is 0 Å². The summed E-state index contributed by atoms with van der Waals surface area (Å²) in [5, 5.41) is 16.2. The minimum atomic E-state index is -0.745. The quantitative estimate of drug-likeness (QED) is 0.0492. The first-order chi connectivity index (χ1) is 39.3. The fraction of sp³-hybridized carbons (Fsp3) is 0.909. The second-order valence-electron chi connectivity index (χ2n) is 15.0. The van der Waals surface area contributed by atoms with Gasteiger partial charge in [0.05, 0.1) is 225 Å². The van der Waals surface area contributed by atoms with E-state index in [0.717, 1.165) is 19.4 Å².